The molecule has 1 aliphatic rings. The molecule has 0 aliphatic heterocycles. The SMILES string of the molecule is COc1ccc(C(O)C(=O)N[C@H]2CC[C@H](C(=O)Nc3ccc4[nH]ncc4c3)C2)cc1. The number of rotatable bonds is 6. The van der Waals surface area contributed by atoms with Gasteiger partial charge in [0.1, 0.15) is 5.75 Å². The summed E-state index contributed by atoms with van der Waals surface area (Å²) in [7, 11) is 1.56. The summed E-state index contributed by atoms with van der Waals surface area (Å²) in [5, 5.41) is 23.9. The second kappa shape index (κ2) is 8.54. The first-order valence-corrected chi connectivity index (χ1v) is 9.90. The number of aliphatic hydroxyl groups is 1. The molecule has 8 heteroatoms. The molecule has 8 nitrogen and oxygen atoms in total. The van der Waals surface area contributed by atoms with E-state index in [-0.39, 0.29) is 17.9 Å². The van der Waals surface area contributed by atoms with Crippen LogP contribution in [0.3, 0.4) is 0 Å². The Bertz CT molecular complexity index is 1050. The van der Waals surface area contributed by atoms with E-state index in [1.54, 1.807) is 37.6 Å². The van der Waals surface area contributed by atoms with E-state index in [4.69, 9.17) is 4.74 Å². The number of aliphatic hydroxyl groups excluding tert-OH is 1. The van der Waals surface area contributed by atoms with Crippen LogP contribution in [0, 0.1) is 5.92 Å². The van der Waals surface area contributed by atoms with E-state index in [0.717, 1.165) is 16.6 Å². The van der Waals surface area contributed by atoms with Crippen molar-refractivity contribution in [2.24, 2.45) is 5.92 Å². The number of carbonyl (C=O) groups excluding carboxylic acids is 2. The van der Waals surface area contributed by atoms with Crippen LogP contribution >= 0.6 is 0 Å². The van der Waals surface area contributed by atoms with Crippen molar-refractivity contribution in [3.05, 3.63) is 54.2 Å². The second-order valence-corrected chi connectivity index (χ2v) is 7.55. The van der Waals surface area contributed by atoms with Crippen LogP contribution in [0.2, 0.25) is 0 Å². The molecule has 4 rings (SSSR count). The predicted molar refractivity (Wildman–Crippen MR) is 112 cm³/mol. The van der Waals surface area contributed by atoms with E-state index in [1.165, 1.54) is 0 Å². The first kappa shape index (κ1) is 19.9. The van der Waals surface area contributed by atoms with Crippen LogP contribution in [0.25, 0.3) is 10.9 Å². The summed E-state index contributed by atoms with van der Waals surface area (Å²) >= 11 is 0. The Morgan fingerprint density at radius 3 is 2.77 bits per heavy atom. The number of benzene rings is 2. The summed E-state index contributed by atoms with van der Waals surface area (Å²) in [6, 6.07) is 12.1. The Labute approximate surface area is 173 Å². The number of carbonyl (C=O) groups is 2. The Balaban J connectivity index is 1.30. The average molecular weight is 408 g/mol. The Kier molecular flexibility index (Phi) is 5.67. The number of amides is 2. The minimum absolute atomic E-state index is 0.0645. The fourth-order valence-corrected chi connectivity index (χ4v) is 3.83. The zero-order chi connectivity index (χ0) is 21.1. The lowest BCUT2D eigenvalue weighted by Gasteiger charge is -2.17. The highest BCUT2D eigenvalue weighted by Crippen LogP contribution is 2.28. The number of hydrogen-bond acceptors (Lipinski definition) is 5. The van der Waals surface area contributed by atoms with Gasteiger partial charge in [-0.15, -0.1) is 0 Å². The molecule has 0 saturated heterocycles. The summed E-state index contributed by atoms with van der Waals surface area (Å²) in [5.74, 6) is -0.0571. The molecule has 1 heterocycles. The number of ether oxygens (including phenoxy) is 1. The number of nitrogens with zero attached hydrogens (tertiary/aromatic N) is 1. The van der Waals surface area contributed by atoms with Gasteiger partial charge in [-0.2, -0.15) is 5.10 Å². The maximum atomic E-state index is 12.6. The standard InChI is InChI=1S/C22H24N4O4/c1-30-18-7-3-13(4-8-18)20(27)22(29)25-16-5-2-14(10-16)21(28)24-17-6-9-19-15(11-17)12-23-26-19/h3-4,6-9,11-12,14,16,20,27H,2,5,10H2,1H3,(H,23,26)(H,24,28)(H,25,29)/t14-,16-,20?/m0/s1. The number of aromatic nitrogens is 2. The molecule has 2 aromatic carbocycles. The van der Waals surface area contributed by atoms with Gasteiger partial charge >= 0.3 is 0 Å². The zero-order valence-corrected chi connectivity index (χ0v) is 16.6. The Hall–Kier alpha value is -3.39. The summed E-state index contributed by atoms with van der Waals surface area (Å²) in [6.45, 7) is 0. The van der Waals surface area contributed by atoms with Crippen LogP contribution in [0.4, 0.5) is 5.69 Å². The fourth-order valence-electron chi connectivity index (χ4n) is 3.83. The maximum absolute atomic E-state index is 12.6. The van der Waals surface area contributed by atoms with Gasteiger partial charge < -0.3 is 20.5 Å². The van der Waals surface area contributed by atoms with Crippen molar-refractivity contribution in [3.63, 3.8) is 0 Å². The van der Waals surface area contributed by atoms with Crippen molar-refractivity contribution >= 4 is 28.4 Å². The largest absolute Gasteiger partial charge is 0.497 e. The zero-order valence-electron chi connectivity index (χ0n) is 16.6. The van der Waals surface area contributed by atoms with Crippen molar-refractivity contribution in [1.29, 1.82) is 0 Å². The molecule has 1 unspecified atom stereocenters. The smallest absolute Gasteiger partial charge is 0.253 e. The molecule has 4 N–H and O–H groups in total. The minimum atomic E-state index is -1.26. The van der Waals surface area contributed by atoms with Crippen molar-refractivity contribution in [2.45, 2.75) is 31.4 Å². The lowest BCUT2D eigenvalue weighted by atomic mass is 10.1. The number of nitrogens with one attached hydrogen (secondary N) is 3. The highest BCUT2D eigenvalue weighted by Gasteiger charge is 2.32. The number of hydrogen-bond donors (Lipinski definition) is 4. The number of aromatic amines is 1. The van der Waals surface area contributed by atoms with E-state index in [2.05, 4.69) is 20.8 Å². The fraction of sp³-hybridized carbons (Fsp3) is 0.318. The molecule has 1 saturated carbocycles. The van der Waals surface area contributed by atoms with Gasteiger partial charge in [0, 0.05) is 23.0 Å². The molecule has 156 valence electrons. The van der Waals surface area contributed by atoms with Crippen LogP contribution in [-0.4, -0.2) is 40.3 Å². The van der Waals surface area contributed by atoms with E-state index in [0.29, 0.717) is 30.6 Å². The summed E-state index contributed by atoms with van der Waals surface area (Å²) in [5.41, 5.74) is 2.12. The van der Waals surface area contributed by atoms with Crippen molar-refractivity contribution in [2.75, 3.05) is 12.4 Å². The third-order valence-electron chi connectivity index (χ3n) is 5.54. The molecular formula is C22H24N4O4. The van der Waals surface area contributed by atoms with Gasteiger partial charge in [-0.05, 0) is 55.2 Å². The van der Waals surface area contributed by atoms with Crippen LogP contribution in [0.15, 0.2) is 48.7 Å². The topological polar surface area (TPSA) is 116 Å². The average Bonchev–Trinajstić information content (AvgIpc) is 3.42. The van der Waals surface area contributed by atoms with Gasteiger partial charge in [-0.25, -0.2) is 0 Å². The molecule has 1 fully saturated rings. The Morgan fingerprint density at radius 2 is 2.00 bits per heavy atom. The van der Waals surface area contributed by atoms with E-state index < -0.39 is 12.0 Å². The second-order valence-electron chi connectivity index (χ2n) is 7.55. The predicted octanol–water partition coefficient (Wildman–Crippen LogP) is 2.53. The van der Waals surface area contributed by atoms with Crippen LogP contribution < -0.4 is 15.4 Å². The summed E-state index contributed by atoms with van der Waals surface area (Å²) in [4.78, 5) is 25.0. The van der Waals surface area contributed by atoms with Crippen LogP contribution in [-0.2, 0) is 9.59 Å². The molecular weight excluding hydrogens is 384 g/mol. The first-order valence-electron chi connectivity index (χ1n) is 9.90. The van der Waals surface area contributed by atoms with Crippen molar-refractivity contribution in [3.8, 4) is 5.75 Å². The molecule has 1 aromatic heterocycles. The molecule has 3 aromatic rings. The van der Waals surface area contributed by atoms with Gasteiger partial charge in [0.05, 0.1) is 18.8 Å². The highest BCUT2D eigenvalue weighted by molar-refractivity contribution is 5.95. The summed E-state index contributed by atoms with van der Waals surface area (Å²) in [6.07, 6.45) is 2.37. The molecule has 2 amide bonds. The third-order valence-corrected chi connectivity index (χ3v) is 5.54. The Morgan fingerprint density at radius 1 is 1.20 bits per heavy atom. The number of anilines is 1. The number of fused-ring (bicyclic) bond motifs is 1. The van der Waals surface area contributed by atoms with Gasteiger partial charge in [0.15, 0.2) is 6.10 Å². The van der Waals surface area contributed by atoms with E-state index >= 15 is 0 Å². The highest BCUT2D eigenvalue weighted by atomic mass is 16.5. The van der Waals surface area contributed by atoms with E-state index in [1.807, 2.05) is 18.2 Å². The molecule has 0 bridgehead atoms. The van der Waals surface area contributed by atoms with Crippen molar-refractivity contribution < 1.29 is 19.4 Å². The third kappa shape index (κ3) is 4.28. The molecule has 30 heavy (non-hydrogen) atoms. The van der Waals surface area contributed by atoms with Gasteiger partial charge in [-0.3, -0.25) is 14.7 Å². The van der Waals surface area contributed by atoms with Gasteiger partial charge in [-0.1, -0.05) is 12.1 Å². The maximum Gasteiger partial charge on any atom is 0.253 e. The van der Waals surface area contributed by atoms with Crippen LogP contribution in [0.1, 0.15) is 30.9 Å². The van der Waals surface area contributed by atoms with Crippen molar-refractivity contribution in [1.82, 2.24) is 15.5 Å². The minimum Gasteiger partial charge on any atom is -0.497 e. The molecule has 0 radical (unpaired) electrons. The summed E-state index contributed by atoms with van der Waals surface area (Å²) < 4.78 is 5.09. The lowest BCUT2D eigenvalue weighted by Crippen LogP contribution is -2.37. The molecule has 3 atom stereocenters. The van der Waals surface area contributed by atoms with Crippen LogP contribution in [0.5, 0.6) is 5.75 Å². The quantitative estimate of drug-likeness (QED) is 0.500. The molecule has 0 spiro atoms. The van der Waals surface area contributed by atoms with Gasteiger partial charge in [0.2, 0.25) is 5.91 Å². The number of methoxy groups -OCH3 is 1. The first-order chi connectivity index (χ1) is 14.5. The lowest BCUT2D eigenvalue weighted by molar-refractivity contribution is -0.130. The molecule has 1 aliphatic carbocycles. The monoisotopic (exact) mass is 408 g/mol. The normalized spacial score (nSPS) is 19.4. The van der Waals surface area contributed by atoms with Gasteiger partial charge in [0.25, 0.3) is 5.91 Å². The number of H-pyrrole nitrogens is 1. The van der Waals surface area contributed by atoms with E-state index in [9.17, 15) is 14.7 Å².